The summed E-state index contributed by atoms with van der Waals surface area (Å²) < 4.78 is 6.17. The maximum Gasteiger partial charge on any atom is 0.192 e. The van der Waals surface area contributed by atoms with Crippen molar-refractivity contribution < 1.29 is 4.43 Å². The van der Waals surface area contributed by atoms with Crippen molar-refractivity contribution in [2.45, 2.75) is 65.3 Å². The molecule has 0 rings (SSSR count). The predicted molar refractivity (Wildman–Crippen MR) is 63.8 cm³/mol. The lowest BCUT2D eigenvalue weighted by Gasteiger charge is -2.31. The quantitative estimate of drug-likeness (QED) is 0.618. The molecule has 0 amide bonds. The van der Waals surface area contributed by atoms with Crippen LogP contribution in [0.25, 0.3) is 0 Å². The summed E-state index contributed by atoms with van der Waals surface area (Å²) in [4.78, 5) is 0. The summed E-state index contributed by atoms with van der Waals surface area (Å²) in [7, 11) is -1.30. The summed E-state index contributed by atoms with van der Waals surface area (Å²) in [6.45, 7) is 11.2. The SMILES string of the molecule is CCC(C)O[Si](CC)(CC)CC.[Si]. The molecule has 0 aromatic rings. The smallest absolute Gasteiger partial charge is 0.192 e. The van der Waals surface area contributed by atoms with E-state index in [1.165, 1.54) is 18.1 Å². The number of hydrogen-bond donors (Lipinski definition) is 0. The van der Waals surface area contributed by atoms with Crippen molar-refractivity contribution in [3.05, 3.63) is 0 Å². The minimum absolute atomic E-state index is 0. The van der Waals surface area contributed by atoms with Crippen molar-refractivity contribution >= 4 is 19.3 Å². The van der Waals surface area contributed by atoms with Crippen LogP contribution in [-0.2, 0) is 4.43 Å². The Balaban J connectivity index is 0. The molecule has 0 bridgehead atoms. The molecule has 0 fully saturated rings. The summed E-state index contributed by atoms with van der Waals surface area (Å²) in [5.74, 6) is 0. The molecule has 0 saturated carbocycles. The fourth-order valence-electron chi connectivity index (χ4n) is 1.51. The van der Waals surface area contributed by atoms with Crippen LogP contribution in [-0.4, -0.2) is 25.4 Å². The molecular weight excluding hydrogens is 192 g/mol. The van der Waals surface area contributed by atoms with Gasteiger partial charge in [0.15, 0.2) is 8.32 Å². The Hall–Kier alpha value is 0.394. The lowest BCUT2D eigenvalue weighted by Crippen LogP contribution is -2.38. The zero-order chi connectivity index (χ0) is 9.61. The Morgan fingerprint density at radius 2 is 1.38 bits per heavy atom. The van der Waals surface area contributed by atoms with Crippen molar-refractivity contribution in [2.24, 2.45) is 0 Å². The van der Waals surface area contributed by atoms with Gasteiger partial charge in [-0.3, -0.25) is 0 Å². The highest BCUT2D eigenvalue weighted by atomic mass is 28.4. The van der Waals surface area contributed by atoms with E-state index in [1.54, 1.807) is 0 Å². The molecule has 3 heteroatoms. The van der Waals surface area contributed by atoms with E-state index in [1.807, 2.05) is 0 Å². The van der Waals surface area contributed by atoms with Gasteiger partial charge < -0.3 is 4.43 Å². The summed E-state index contributed by atoms with van der Waals surface area (Å²) in [6.07, 6.45) is 1.62. The molecule has 1 unspecified atom stereocenters. The monoisotopic (exact) mass is 216 g/mol. The van der Waals surface area contributed by atoms with Gasteiger partial charge in [-0.1, -0.05) is 27.7 Å². The summed E-state index contributed by atoms with van der Waals surface area (Å²) >= 11 is 0. The third kappa shape index (κ3) is 4.98. The van der Waals surface area contributed by atoms with Crippen molar-refractivity contribution in [3.63, 3.8) is 0 Å². The van der Waals surface area contributed by atoms with E-state index < -0.39 is 8.32 Å². The maximum absolute atomic E-state index is 6.17. The zero-order valence-electron chi connectivity index (χ0n) is 9.81. The molecule has 78 valence electrons. The molecule has 0 aliphatic carbocycles. The fourth-order valence-corrected chi connectivity index (χ4v) is 4.53. The van der Waals surface area contributed by atoms with Crippen LogP contribution in [0.15, 0.2) is 0 Å². The number of hydrogen-bond acceptors (Lipinski definition) is 1. The molecule has 0 aromatic heterocycles. The average molecular weight is 216 g/mol. The minimum Gasteiger partial charge on any atom is -0.414 e. The maximum atomic E-state index is 6.17. The van der Waals surface area contributed by atoms with Crippen LogP contribution < -0.4 is 0 Å². The first-order valence-electron chi connectivity index (χ1n) is 5.31. The second-order valence-corrected chi connectivity index (χ2v) is 8.30. The van der Waals surface area contributed by atoms with Gasteiger partial charge in [0.1, 0.15) is 0 Å². The van der Waals surface area contributed by atoms with Gasteiger partial charge in [-0.2, -0.15) is 0 Å². The van der Waals surface area contributed by atoms with E-state index in [4.69, 9.17) is 4.43 Å². The van der Waals surface area contributed by atoms with E-state index in [9.17, 15) is 0 Å². The molecule has 0 N–H and O–H groups in total. The van der Waals surface area contributed by atoms with Crippen LogP contribution >= 0.6 is 0 Å². The molecule has 0 spiro atoms. The summed E-state index contributed by atoms with van der Waals surface area (Å²) in [5, 5.41) is 0. The Bertz CT molecular complexity index is 105. The first-order valence-corrected chi connectivity index (χ1v) is 7.84. The lowest BCUT2D eigenvalue weighted by atomic mass is 10.3. The lowest BCUT2D eigenvalue weighted by molar-refractivity contribution is 0.201. The predicted octanol–water partition coefficient (Wildman–Crippen LogP) is 3.43. The third-order valence-electron chi connectivity index (χ3n) is 2.96. The standard InChI is InChI=1S/C10H24OSi.Si/c1-6-10(5)11-12(7-2,8-3)9-4;/h10H,6-9H2,1-5H3;. The number of rotatable bonds is 6. The zero-order valence-corrected chi connectivity index (χ0v) is 11.8. The molecule has 1 nitrogen and oxygen atoms in total. The van der Waals surface area contributed by atoms with E-state index in [0.29, 0.717) is 6.10 Å². The van der Waals surface area contributed by atoms with Crippen molar-refractivity contribution in [3.8, 4) is 0 Å². The van der Waals surface area contributed by atoms with Gasteiger partial charge in [0.05, 0.1) is 0 Å². The second-order valence-electron chi connectivity index (χ2n) is 3.58. The molecule has 0 aromatic carbocycles. The van der Waals surface area contributed by atoms with E-state index in [2.05, 4.69) is 34.6 Å². The van der Waals surface area contributed by atoms with Crippen LogP contribution in [0.4, 0.5) is 0 Å². The van der Waals surface area contributed by atoms with Gasteiger partial charge in [-0.25, -0.2) is 0 Å². The van der Waals surface area contributed by atoms with Crippen LogP contribution in [0, 0.1) is 0 Å². The first kappa shape index (κ1) is 15.8. The van der Waals surface area contributed by atoms with Gasteiger partial charge in [0.2, 0.25) is 0 Å². The van der Waals surface area contributed by atoms with Gasteiger partial charge in [0, 0.05) is 17.1 Å². The largest absolute Gasteiger partial charge is 0.414 e. The molecule has 0 aliphatic rings. The van der Waals surface area contributed by atoms with Gasteiger partial charge in [0.25, 0.3) is 0 Å². The van der Waals surface area contributed by atoms with Gasteiger partial charge in [-0.15, -0.1) is 0 Å². The first-order chi connectivity index (χ1) is 5.64. The highest BCUT2D eigenvalue weighted by Crippen LogP contribution is 2.23. The van der Waals surface area contributed by atoms with Crippen molar-refractivity contribution in [2.75, 3.05) is 0 Å². The topological polar surface area (TPSA) is 9.23 Å². The minimum atomic E-state index is -1.30. The van der Waals surface area contributed by atoms with Crippen LogP contribution in [0.3, 0.4) is 0 Å². The third-order valence-corrected chi connectivity index (χ3v) is 7.73. The highest BCUT2D eigenvalue weighted by molar-refractivity contribution is 6.73. The van der Waals surface area contributed by atoms with Crippen LogP contribution in [0.1, 0.15) is 41.0 Å². The van der Waals surface area contributed by atoms with Gasteiger partial charge in [-0.05, 0) is 31.5 Å². The second kappa shape index (κ2) is 7.77. The van der Waals surface area contributed by atoms with Gasteiger partial charge >= 0.3 is 0 Å². The molecule has 1 atom stereocenters. The Kier molecular flexibility index (Phi) is 9.47. The molecular formula is C10H24OSi2. The van der Waals surface area contributed by atoms with Crippen molar-refractivity contribution in [1.82, 2.24) is 0 Å². The Labute approximate surface area is 89.4 Å². The molecule has 0 saturated heterocycles. The molecule has 0 aliphatic heterocycles. The fraction of sp³-hybridized carbons (Fsp3) is 1.00. The highest BCUT2D eigenvalue weighted by Gasteiger charge is 2.29. The summed E-state index contributed by atoms with van der Waals surface area (Å²) in [5.41, 5.74) is 0. The van der Waals surface area contributed by atoms with E-state index in [-0.39, 0.29) is 11.0 Å². The summed E-state index contributed by atoms with van der Waals surface area (Å²) in [6, 6.07) is 3.80. The van der Waals surface area contributed by atoms with Crippen molar-refractivity contribution in [1.29, 1.82) is 0 Å². The van der Waals surface area contributed by atoms with E-state index in [0.717, 1.165) is 6.42 Å². The van der Waals surface area contributed by atoms with Crippen LogP contribution in [0.2, 0.25) is 18.1 Å². The van der Waals surface area contributed by atoms with Crippen LogP contribution in [0.5, 0.6) is 0 Å². The molecule has 13 heavy (non-hydrogen) atoms. The Morgan fingerprint density at radius 3 is 1.62 bits per heavy atom. The molecule has 4 radical (unpaired) electrons. The average Bonchev–Trinajstić information content (AvgIpc) is 2.14. The normalized spacial score (nSPS) is 13.6. The van der Waals surface area contributed by atoms with E-state index >= 15 is 0 Å². The molecule has 0 heterocycles. The Morgan fingerprint density at radius 1 is 1.00 bits per heavy atom.